The number of aryl methyl sites for hydroxylation is 1. The average molecular weight is 558 g/mol. The number of aliphatic imine (C=N–C) groups is 1. The van der Waals surface area contributed by atoms with Gasteiger partial charge < -0.3 is 14.9 Å². The van der Waals surface area contributed by atoms with Gasteiger partial charge in [-0.25, -0.2) is 18.9 Å². The van der Waals surface area contributed by atoms with Gasteiger partial charge in [-0.3, -0.25) is 9.69 Å². The van der Waals surface area contributed by atoms with Gasteiger partial charge >= 0.3 is 5.82 Å². The second kappa shape index (κ2) is 12.0. The summed E-state index contributed by atoms with van der Waals surface area (Å²) < 4.78 is 20.7. The van der Waals surface area contributed by atoms with Gasteiger partial charge in [0.25, 0.3) is 5.91 Å². The number of para-hydroxylation sites is 1. The van der Waals surface area contributed by atoms with E-state index in [1.807, 2.05) is 42.5 Å². The third kappa shape index (κ3) is 6.26. The molecular weight excluding hydrogens is 533 g/mol. The SMILES string of the molecule is Cc1ncc([N+](=O)[O-])n1CCOc1ccc(/C=C2\SC(=Nc3ccccc3)N(Cc3ccc(F)cc3)C2=O)cc1. The number of nitro groups is 1. The van der Waals surface area contributed by atoms with E-state index >= 15 is 0 Å². The first-order valence-corrected chi connectivity index (χ1v) is 13.2. The van der Waals surface area contributed by atoms with Crippen LogP contribution in [0.25, 0.3) is 6.08 Å². The number of rotatable bonds is 9. The van der Waals surface area contributed by atoms with E-state index in [-0.39, 0.29) is 37.2 Å². The molecule has 9 nitrogen and oxygen atoms in total. The van der Waals surface area contributed by atoms with Crippen LogP contribution in [0.1, 0.15) is 17.0 Å². The summed E-state index contributed by atoms with van der Waals surface area (Å²) in [6.07, 6.45) is 3.02. The van der Waals surface area contributed by atoms with Crippen LogP contribution >= 0.6 is 11.8 Å². The highest BCUT2D eigenvalue weighted by Gasteiger charge is 2.33. The highest BCUT2D eigenvalue weighted by atomic mass is 32.2. The highest BCUT2D eigenvalue weighted by Crippen LogP contribution is 2.35. The van der Waals surface area contributed by atoms with Crippen LogP contribution in [-0.2, 0) is 17.9 Å². The Balaban J connectivity index is 1.30. The van der Waals surface area contributed by atoms with Gasteiger partial charge in [0, 0.05) is 6.92 Å². The van der Waals surface area contributed by atoms with Crippen LogP contribution < -0.4 is 4.74 Å². The number of hydrogen-bond donors (Lipinski definition) is 0. The predicted molar refractivity (Wildman–Crippen MR) is 152 cm³/mol. The molecule has 0 spiro atoms. The molecular formula is C29H24FN5O4S. The second-order valence-electron chi connectivity index (χ2n) is 8.85. The minimum Gasteiger partial charge on any atom is -0.489 e. The number of halogens is 1. The molecule has 4 aromatic rings. The Morgan fingerprint density at radius 3 is 2.50 bits per heavy atom. The number of thioether (sulfide) groups is 1. The van der Waals surface area contributed by atoms with Crippen LogP contribution in [0.5, 0.6) is 5.75 Å². The molecule has 0 atom stereocenters. The van der Waals surface area contributed by atoms with Crippen molar-refractivity contribution in [3.63, 3.8) is 0 Å². The normalized spacial score (nSPS) is 15.2. The Bertz CT molecular complexity index is 1590. The number of amidine groups is 1. The van der Waals surface area contributed by atoms with Crippen LogP contribution in [0.15, 0.2) is 95.0 Å². The third-order valence-corrected chi connectivity index (χ3v) is 7.11. The molecule has 0 radical (unpaired) electrons. The Morgan fingerprint density at radius 2 is 1.80 bits per heavy atom. The highest BCUT2D eigenvalue weighted by molar-refractivity contribution is 8.18. The summed E-state index contributed by atoms with van der Waals surface area (Å²) in [4.78, 5) is 34.9. The topological polar surface area (TPSA) is 103 Å². The number of amides is 1. The summed E-state index contributed by atoms with van der Waals surface area (Å²) in [6, 6.07) is 22.6. The van der Waals surface area contributed by atoms with Gasteiger partial charge in [-0.2, -0.15) is 0 Å². The third-order valence-electron chi connectivity index (χ3n) is 6.11. The van der Waals surface area contributed by atoms with Crippen LogP contribution in [0.3, 0.4) is 0 Å². The molecule has 11 heteroatoms. The molecule has 3 aromatic carbocycles. The lowest BCUT2D eigenvalue weighted by Crippen LogP contribution is -2.28. The zero-order valence-corrected chi connectivity index (χ0v) is 22.3. The minimum atomic E-state index is -0.471. The molecule has 0 aliphatic carbocycles. The fourth-order valence-electron chi connectivity index (χ4n) is 4.06. The van der Waals surface area contributed by atoms with Gasteiger partial charge in [-0.05, 0) is 70.3 Å². The van der Waals surface area contributed by atoms with E-state index in [1.165, 1.54) is 34.7 Å². The lowest BCUT2D eigenvalue weighted by Gasteiger charge is -2.15. The molecule has 0 unspecified atom stereocenters. The van der Waals surface area contributed by atoms with E-state index in [0.29, 0.717) is 21.6 Å². The maximum atomic E-state index is 13.4. The largest absolute Gasteiger partial charge is 0.489 e. The molecule has 1 saturated heterocycles. The van der Waals surface area contributed by atoms with Crippen LogP contribution in [0, 0.1) is 22.9 Å². The lowest BCUT2D eigenvalue weighted by atomic mass is 10.2. The first kappa shape index (κ1) is 26.8. The summed E-state index contributed by atoms with van der Waals surface area (Å²) in [5.74, 6) is 0.527. The number of ether oxygens (including phenoxy) is 1. The fraction of sp³-hybridized carbons (Fsp3) is 0.138. The van der Waals surface area contributed by atoms with Gasteiger partial charge in [0.05, 0.1) is 17.1 Å². The predicted octanol–water partition coefficient (Wildman–Crippen LogP) is 6.12. The molecule has 0 saturated carbocycles. The number of imidazole rings is 1. The van der Waals surface area contributed by atoms with Crippen LogP contribution in [0.4, 0.5) is 15.9 Å². The Labute approximate surface area is 233 Å². The number of aromatic nitrogens is 2. The van der Waals surface area contributed by atoms with Crippen molar-refractivity contribution in [3.8, 4) is 5.75 Å². The van der Waals surface area contributed by atoms with Gasteiger partial charge in [-0.1, -0.05) is 42.5 Å². The number of carbonyl (C=O) groups excluding carboxylic acids is 1. The van der Waals surface area contributed by atoms with Crippen molar-refractivity contribution in [1.82, 2.24) is 14.5 Å². The minimum absolute atomic E-state index is 0.0783. The Morgan fingerprint density at radius 1 is 1.07 bits per heavy atom. The van der Waals surface area contributed by atoms with Crippen LogP contribution in [0.2, 0.25) is 0 Å². The maximum Gasteiger partial charge on any atom is 0.342 e. The summed E-state index contributed by atoms with van der Waals surface area (Å²) in [6.45, 7) is 2.47. The quantitative estimate of drug-likeness (QED) is 0.140. The van der Waals surface area contributed by atoms with E-state index in [4.69, 9.17) is 4.74 Å². The van der Waals surface area contributed by atoms with E-state index in [0.717, 1.165) is 16.8 Å². The number of nitrogens with zero attached hydrogens (tertiary/aromatic N) is 5. The molecule has 1 fully saturated rings. The number of hydrogen-bond acceptors (Lipinski definition) is 7. The first-order valence-electron chi connectivity index (χ1n) is 12.4. The standard InChI is InChI=1S/C29H24FN5O4S/c1-20-31-18-27(35(37)38)33(20)15-16-39-25-13-9-21(10-14-25)17-26-28(36)34(19-22-7-11-23(30)12-8-22)29(40-26)32-24-5-3-2-4-6-24/h2-14,17-18H,15-16,19H2,1H3/b26-17-,32-29?. The molecule has 202 valence electrons. The number of carbonyl (C=O) groups is 1. The average Bonchev–Trinajstić information content (AvgIpc) is 3.46. The Hall–Kier alpha value is -4.77. The lowest BCUT2D eigenvalue weighted by molar-refractivity contribution is -0.392. The summed E-state index contributed by atoms with van der Waals surface area (Å²) >= 11 is 1.28. The van der Waals surface area contributed by atoms with Crippen molar-refractivity contribution in [2.24, 2.45) is 4.99 Å². The molecule has 1 aliphatic heterocycles. The van der Waals surface area contributed by atoms with Crippen molar-refractivity contribution >= 4 is 40.4 Å². The van der Waals surface area contributed by atoms with Crippen molar-refractivity contribution in [2.45, 2.75) is 20.0 Å². The maximum absolute atomic E-state index is 13.4. The fourth-order valence-corrected chi connectivity index (χ4v) is 5.06. The zero-order chi connectivity index (χ0) is 28.1. The first-order chi connectivity index (χ1) is 19.4. The van der Waals surface area contributed by atoms with Gasteiger partial charge in [0.15, 0.2) is 11.0 Å². The molecule has 0 N–H and O–H groups in total. The molecule has 2 heterocycles. The zero-order valence-electron chi connectivity index (χ0n) is 21.4. The smallest absolute Gasteiger partial charge is 0.342 e. The van der Waals surface area contributed by atoms with Gasteiger partial charge in [0.2, 0.25) is 0 Å². The van der Waals surface area contributed by atoms with Gasteiger partial charge in [-0.15, -0.1) is 0 Å². The van der Waals surface area contributed by atoms with E-state index in [2.05, 4.69) is 9.98 Å². The van der Waals surface area contributed by atoms with Crippen molar-refractivity contribution in [3.05, 3.63) is 123 Å². The molecule has 40 heavy (non-hydrogen) atoms. The summed E-state index contributed by atoms with van der Waals surface area (Å²) in [5.41, 5.74) is 2.31. The number of benzene rings is 3. The summed E-state index contributed by atoms with van der Waals surface area (Å²) in [7, 11) is 0. The van der Waals surface area contributed by atoms with Crippen molar-refractivity contribution in [1.29, 1.82) is 0 Å². The van der Waals surface area contributed by atoms with E-state index < -0.39 is 4.92 Å². The molecule has 1 aliphatic rings. The molecule has 5 rings (SSSR count). The van der Waals surface area contributed by atoms with E-state index in [1.54, 1.807) is 42.2 Å². The van der Waals surface area contributed by atoms with Gasteiger partial charge in [0.1, 0.15) is 30.9 Å². The Kier molecular flexibility index (Phi) is 8.02. The summed E-state index contributed by atoms with van der Waals surface area (Å²) in [5, 5.41) is 11.7. The van der Waals surface area contributed by atoms with Crippen LogP contribution in [-0.4, -0.2) is 37.1 Å². The molecule has 1 aromatic heterocycles. The molecule has 1 amide bonds. The monoisotopic (exact) mass is 557 g/mol. The van der Waals surface area contributed by atoms with Crippen molar-refractivity contribution in [2.75, 3.05) is 6.61 Å². The molecule has 0 bridgehead atoms. The second-order valence-corrected chi connectivity index (χ2v) is 9.86. The van der Waals surface area contributed by atoms with E-state index in [9.17, 15) is 19.3 Å². The van der Waals surface area contributed by atoms with Crippen molar-refractivity contribution < 1.29 is 18.8 Å².